The molecule has 3 aromatic carbocycles. The van der Waals surface area contributed by atoms with E-state index >= 15 is 0 Å². The van der Waals surface area contributed by atoms with Gasteiger partial charge in [0.15, 0.2) is 11.0 Å². The van der Waals surface area contributed by atoms with Crippen molar-refractivity contribution in [1.29, 1.82) is 0 Å². The van der Waals surface area contributed by atoms with Gasteiger partial charge in [0.2, 0.25) is 5.91 Å². The van der Waals surface area contributed by atoms with E-state index in [2.05, 4.69) is 20.8 Å². The van der Waals surface area contributed by atoms with Crippen molar-refractivity contribution in [3.8, 4) is 17.1 Å². The number of aromatic nitrogens is 3. The van der Waals surface area contributed by atoms with Crippen molar-refractivity contribution in [3.63, 3.8) is 0 Å². The number of carbonyl (C=O) groups excluding carboxylic acids is 2. The molecule has 0 aliphatic carbocycles. The monoisotopic (exact) mass is 489 g/mol. The molecule has 0 bridgehead atoms. The Kier molecular flexibility index (Phi) is 7.57. The molecule has 0 spiro atoms. The van der Waals surface area contributed by atoms with E-state index in [-0.39, 0.29) is 17.6 Å². The van der Waals surface area contributed by atoms with Crippen LogP contribution in [-0.4, -0.2) is 38.9 Å². The highest BCUT2D eigenvalue weighted by atomic mass is 32.2. The van der Waals surface area contributed by atoms with E-state index in [1.165, 1.54) is 17.8 Å². The van der Waals surface area contributed by atoms with Crippen molar-refractivity contribution in [2.75, 3.05) is 17.6 Å². The largest absolute Gasteiger partial charge is 0.352 e. The van der Waals surface area contributed by atoms with E-state index in [0.29, 0.717) is 34.3 Å². The summed E-state index contributed by atoms with van der Waals surface area (Å²) in [6, 6.07) is 20.8. The van der Waals surface area contributed by atoms with Crippen LogP contribution in [0.2, 0.25) is 0 Å². The molecule has 2 amide bonds. The summed E-state index contributed by atoms with van der Waals surface area (Å²) >= 11 is 1.19. The normalized spacial score (nSPS) is 10.7. The van der Waals surface area contributed by atoms with Crippen LogP contribution in [0, 0.1) is 12.7 Å². The summed E-state index contributed by atoms with van der Waals surface area (Å²) in [6.45, 7) is 4.34. The zero-order valence-corrected chi connectivity index (χ0v) is 20.1. The zero-order valence-electron chi connectivity index (χ0n) is 19.3. The van der Waals surface area contributed by atoms with E-state index in [1.807, 2.05) is 38.1 Å². The summed E-state index contributed by atoms with van der Waals surface area (Å²) in [5, 5.41) is 14.5. The maximum absolute atomic E-state index is 14.6. The minimum Gasteiger partial charge on any atom is -0.352 e. The van der Waals surface area contributed by atoms with Crippen LogP contribution in [0.5, 0.6) is 0 Å². The molecule has 1 aromatic heterocycles. The van der Waals surface area contributed by atoms with E-state index in [9.17, 15) is 14.0 Å². The summed E-state index contributed by atoms with van der Waals surface area (Å²) in [5.41, 5.74) is 3.14. The second-order valence-corrected chi connectivity index (χ2v) is 8.68. The van der Waals surface area contributed by atoms with Gasteiger partial charge in [-0.1, -0.05) is 47.7 Å². The number of benzene rings is 3. The predicted octanol–water partition coefficient (Wildman–Crippen LogP) is 4.86. The number of nitrogens with one attached hydrogen (secondary N) is 2. The average molecular weight is 490 g/mol. The van der Waals surface area contributed by atoms with Gasteiger partial charge in [-0.15, -0.1) is 10.2 Å². The molecule has 0 aliphatic rings. The SMILES string of the molecule is CCNC(=O)c1cccc(NC(=O)CSc2nnc(-c3ccccc3F)n2-c2ccc(C)cc2)c1. The Morgan fingerprint density at radius 3 is 2.51 bits per heavy atom. The molecule has 0 saturated carbocycles. The van der Waals surface area contributed by atoms with Gasteiger partial charge >= 0.3 is 0 Å². The summed E-state index contributed by atoms with van der Waals surface area (Å²) in [6.07, 6.45) is 0. The molecule has 178 valence electrons. The lowest BCUT2D eigenvalue weighted by atomic mass is 10.2. The molecule has 0 saturated heterocycles. The summed E-state index contributed by atoms with van der Waals surface area (Å²) in [4.78, 5) is 24.7. The van der Waals surface area contributed by atoms with Gasteiger partial charge in [-0.25, -0.2) is 4.39 Å². The van der Waals surface area contributed by atoms with Gasteiger partial charge in [-0.3, -0.25) is 14.2 Å². The Hall–Kier alpha value is -3.98. The van der Waals surface area contributed by atoms with Gasteiger partial charge in [0, 0.05) is 23.5 Å². The second kappa shape index (κ2) is 11.0. The van der Waals surface area contributed by atoms with Gasteiger partial charge in [0.05, 0.1) is 11.3 Å². The molecule has 4 rings (SSSR count). The van der Waals surface area contributed by atoms with Crippen molar-refractivity contribution >= 4 is 29.3 Å². The molecule has 0 fully saturated rings. The van der Waals surface area contributed by atoms with E-state index in [4.69, 9.17) is 0 Å². The van der Waals surface area contributed by atoms with Crippen molar-refractivity contribution < 1.29 is 14.0 Å². The van der Waals surface area contributed by atoms with Gasteiger partial charge in [0.1, 0.15) is 5.82 Å². The summed E-state index contributed by atoms with van der Waals surface area (Å²) < 4.78 is 16.3. The van der Waals surface area contributed by atoms with Gasteiger partial charge in [-0.2, -0.15) is 0 Å². The zero-order chi connectivity index (χ0) is 24.8. The molecule has 7 nitrogen and oxygen atoms in total. The van der Waals surface area contributed by atoms with Crippen molar-refractivity contribution in [3.05, 3.63) is 89.7 Å². The minimum absolute atomic E-state index is 0.0483. The fourth-order valence-electron chi connectivity index (χ4n) is 3.43. The lowest BCUT2D eigenvalue weighted by Crippen LogP contribution is -2.23. The number of aryl methyl sites for hydroxylation is 1. The molecular weight excluding hydrogens is 465 g/mol. The quantitative estimate of drug-likeness (QED) is 0.345. The van der Waals surface area contributed by atoms with E-state index in [1.54, 1.807) is 47.0 Å². The molecule has 35 heavy (non-hydrogen) atoms. The van der Waals surface area contributed by atoms with Crippen LogP contribution in [0.4, 0.5) is 10.1 Å². The molecule has 0 atom stereocenters. The van der Waals surface area contributed by atoms with Crippen molar-refractivity contribution in [2.24, 2.45) is 0 Å². The molecular formula is C26H24FN5O2S. The molecule has 0 radical (unpaired) electrons. The van der Waals surface area contributed by atoms with Crippen LogP contribution in [0.15, 0.2) is 78.0 Å². The molecule has 4 aromatic rings. The molecule has 1 heterocycles. The van der Waals surface area contributed by atoms with Crippen LogP contribution >= 0.6 is 11.8 Å². The first kappa shape index (κ1) is 24.2. The van der Waals surface area contributed by atoms with Gasteiger partial charge in [0.25, 0.3) is 5.91 Å². The van der Waals surface area contributed by atoms with Crippen LogP contribution < -0.4 is 10.6 Å². The highest BCUT2D eigenvalue weighted by Crippen LogP contribution is 2.29. The maximum atomic E-state index is 14.6. The fourth-order valence-corrected chi connectivity index (χ4v) is 4.19. The average Bonchev–Trinajstić information content (AvgIpc) is 3.27. The number of thioether (sulfide) groups is 1. The van der Waals surface area contributed by atoms with Crippen LogP contribution in [0.1, 0.15) is 22.8 Å². The number of amides is 2. The first-order valence-corrected chi connectivity index (χ1v) is 12.0. The van der Waals surface area contributed by atoms with Crippen LogP contribution in [-0.2, 0) is 4.79 Å². The second-order valence-electron chi connectivity index (χ2n) is 7.73. The number of anilines is 1. The number of carbonyl (C=O) groups is 2. The van der Waals surface area contributed by atoms with E-state index < -0.39 is 5.82 Å². The molecule has 0 aliphatic heterocycles. The third-order valence-corrected chi connectivity index (χ3v) is 6.05. The number of halogens is 1. The molecule has 0 unspecified atom stereocenters. The summed E-state index contributed by atoms with van der Waals surface area (Å²) in [7, 11) is 0. The number of hydrogen-bond donors (Lipinski definition) is 2. The first-order chi connectivity index (χ1) is 17.0. The van der Waals surface area contributed by atoms with Gasteiger partial charge in [-0.05, 0) is 56.3 Å². The smallest absolute Gasteiger partial charge is 0.251 e. The lowest BCUT2D eigenvalue weighted by molar-refractivity contribution is -0.113. The fraction of sp³-hybridized carbons (Fsp3) is 0.154. The lowest BCUT2D eigenvalue weighted by Gasteiger charge is -2.11. The Morgan fingerprint density at radius 1 is 1.00 bits per heavy atom. The standard InChI is InChI=1S/C26H24FN5O2S/c1-3-28-25(34)18-7-6-8-19(15-18)29-23(33)16-35-26-31-30-24(21-9-4-5-10-22(21)27)32(26)20-13-11-17(2)12-14-20/h4-15H,3,16H2,1-2H3,(H,28,34)(H,29,33). The van der Waals surface area contributed by atoms with E-state index in [0.717, 1.165) is 11.3 Å². The Bertz CT molecular complexity index is 1350. The maximum Gasteiger partial charge on any atom is 0.251 e. The highest BCUT2D eigenvalue weighted by Gasteiger charge is 2.19. The predicted molar refractivity (Wildman–Crippen MR) is 135 cm³/mol. The van der Waals surface area contributed by atoms with Crippen LogP contribution in [0.3, 0.4) is 0 Å². The third kappa shape index (κ3) is 5.75. The van der Waals surface area contributed by atoms with Crippen molar-refractivity contribution in [2.45, 2.75) is 19.0 Å². The number of nitrogens with zero attached hydrogens (tertiary/aromatic N) is 3. The number of rotatable bonds is 8. The Balaban J connectivity index is 1.55. The molecule has 9 heteroatoms. The van der Waals surface area contributed by atoms with Crippen LogP contribution in [0.25, 0.3) is 17.1 Å². The number of hydrogen-bond acceptors (Lipinski definition) is 5. The summed E-state index contributed by atoms with van der Waals surface area (Å²) in [5.74, 6) is -0.482. The first-order valence-electron chi connectivity index (χ1n) is 11.0. The Labute approximate surface area is 206 Å². The van der Waals surface area contributed by atoms with Gasteiger partial charge < -0.3 is 10.6 Å². The third-order valence-electron chi connectivity index (χ3n) is 5.12. The molecule has 2 N–H and O–H groups in total. The topological polar surface area (TPSA) is 88.9 Å². The minimum atomic E-state index is -0.408. The highest BCUT2D eigenvalue weighted by molar-refractivity contribution is 7.99. The van der Waals surface area contributed by atoms with Crippen molar-refractivity contribution in [1.82, 2.24) is 20.1 Å². The Morgan fingerprint density at radius 2 is 1.77 bits per heavy atom.